The van der Waals surface area contributed by atoms with E-state index in [1.54, 1.807) is 0 Å². The van der Waals surface area contributed by atoms with E-state index in [0.29, 0.717) is 6.42 Å². The predicted molar refractivity (Wildman–Crippen MR) is 85.1 cm³/mol. The minimum absolute atomic E-state index is 0.0102. The zero-order valence-electron chi connectivity index (χ0n) is 12.2. The molecule has 0 aliphatic rings. The van der Waals surface area contributed by atoms with Crippen LogP contribution in [0.15, 0.2) is 59.5 Å². The fourth-order valence-electron chi connectivity index (χ4n) is 1.94. The number of rotatable bonds is 5. The van der Waals surface area contributed by atoms with Gasteiger partial charge in [0.15, 0.2) is 9.84 Å². The number of hydrogen-bond acceptors (Lipinski definition) is 4. The van der Waals surface area contributed by atoms with Crippen molar-refractivity contribution >= 4 is 9.84 Å². The van der Waals surface area contributed by atoms with Crippen molar-refractivity contribution < 1.29 is 18.0 Å². The minimum atomic E-state index is -3.68. The van der Waals surface area contributed by atoms with E-state index in [1.807, 2.05) is 35.8 Å². The Morgan fingerprint density at radius 1 is 1.09 bits per heavy atom. The van der Waals surface area contributed by atoms with Gasteiger partial charge in [0.1, 0.15) is 11.9 Å². The molecule has 0 bridgehead atoms. The van der Waals surface area contributed by atoms with Crippen LogP contribution in [0.4, 0.5) is 4.39 Å². The molecule has 0 aliphatic carbocycles. The molecule has 0 spiro atoms. The molecule has 4 nitrogen and oxygen atoms in total. The van der Waals surface area contributed by atoms with Crippen molar-refractivity contribution in [3.63, 3.8) is 0 Å². The number of benzene rings is 2. The van der Waals surface area contributed by atoms with Crippen molar-refractivity contribution in [2.75, 3.05) is 5.75 Å². The third-order valence-electron chi connectivity index (χ3n) is 3.13. The number of halogens is 1. The topological polar surface area (TPSA) is 66.4 Å². The summed E-state index contributed by atoms with van der Waals surface area (Å²) in [6.07, 6.45) is 0.454. The third kappa shape index (κ3) is 5.18. The summed E-state index contributed by atoms with van der Waals surface area (Å²) >= 11 is 0. The van der Waals surface area contributed by atoms with Gasteiger partial charge in [-0.2, -0.15) is 5.48 Å². The van der Waals surface area contributed by atoms with Gasteiger partial charge < -0.3 is 5.21 Å². The third-order valence-corrected chi connectivity index (χ3v) is 4.89. The summed E-state index contributed by atoms with van der Waals surface area (Å²) < 4.78 is 37.3. The molecule has 1 unspecified atom stereocenters. The summed E-state index contributed by atoms with van der Waals surface area (Å²) in [5, 5.41) is 9.10. The lowest BCUT2D eigenvalue weighted by atomic mass is 10.1. The van der Waals surface area contributed by atoms with Crippen LogP contribution in [0.1, 0.15) is 5.56 Å². The maximum absolute atomic E-state index is 12.9. The second kappa shape index (κ2) is 7.88. The molecular formula is C17H16FNO3S. The van der Waals surface area contributed by atoms with Gasteiger partial charge in [0.2, 0.25) is 0 Å². The Balaban J connectivity index is 2.05. The van der Waals surface area contributed by atoms with E-state index < -0.39 is 27.4 Å². The Hall–Kier alpha value is -2.20. The Morgan fingerprint density at radius 2 is 1.74 bits per heavy atom. The molecule has 0 amide bonds. The van der Waals surface area contributed by atoms with Crippen LogP contribution in [0.5, 0.6) is 0 Å². The second-order valence-corrected chi connectivity index (χ2v) is 6.93. The van der Waals surface area contributed by atoms with Gasteiger partial charge in [-0.15, -0.1) is 0 Å². The molecule has 2 N–H and O–H groups in total. The van der Waals surface area contributed by atoms with Crippen molar-refractivity contribution in [3.8, 4) is 11.8 Å². The van der Waals surface area contributed by atoms with Gasteiger partial charge in [-0.3, -0.25) is 0 Å². The van der Waals surface area contributed by atoms with Crippen molar-refractivity contribution in [2.45, 2.75) is 17.4 Å². The first-order valence-electron chi connectivity index (χ1n) is 6.91. The molecule has 120 valence electrons. The lowest BCUT2D eigenvalue weighted by Gasteiger charge is -2.09. The molecule has 0 fully saturated rings. The second-order valence-electron chi connectivity index (χ2n) is 4.90. The van der Waals surface area contributed by atoms with Gasteiger partial charge in [-0.1, -0.05) is 42.2 Å². The summed E-state index contributed by atoms with van der Waals surface area (Å²) in [5.74, 6) is 4.61. The summed E-state index contributed by atoms with van der Waals surface area (Å²) in [6, 6.07) is 13.1. The van der Waals surface area contributed by atoms with Crippen molar-refractivity contribution in [1.29, 1.82) is 0 Å². The summed E-state index contributed by atoms with van der Waals surface area (Å²) in [5.41, 5.74) is 2.90. The highest BCUT2D eigenvalue weighted by molar-refractivity contribution is 7.91. The molecule has 6 heteroatoms. The van der Waals surface area contributed by atoms with E-state index in [4.69, 9.17) is 5.21 Å². The standard InChI is InChI=1S/C17H16FNO3S/c18-15-9-11-17(12-10-15)23(21,22)13-16(19-20)8-4-7-14-5-2-1-3-6-14/h1-3,5-6,9-12,16,19-20H,7,13H2. The van der Waals surface area contributed by atoms with E-state index >= 15 is 0 Å². The van der Waals surface area contributed by atoms with Crippen LogP contribution in [0.2, 0.25) is 0 Å². The Bertz CT molecular complexity index is 793. The smallest absolute Gasteiger partial charge is 0.180 e. The number of sulfone groups is 1. The molecule has 0 aliphatic heterocycles. The van der Waals surface area contributed by atoms with E-state index in [1.165, 1.54) is 12.1 Å². The first kappa shape index (κ1) is 17.2. The summed E-state index contributed by atoms with van der Waals surface area (Å²) in [7, 11) is -3.68. The first-order valence-corrected chi connectivity index (χ1v) is 8.57. The Morgan fingerprint density at radius 3 is 2.35 bits per heavy atom. The van der Waals surface area contributed by atoms with E-state index in [0.717, 1.165) is 17.7 Å². The zero-order chi connectivity index (χ0) is 16.7. The van der Waals surface area contributed by atoms with Gasteiger partial charge >= 0.3 is 0 Å². The maximum atomic E-state index is 12.9. The molecular weight excluding hydrogens is 317 g/mol. The van der Waals surface area contributed by atoms with Gasteiger partial charge in [-0.05, 0) is 29.8 Å². The van der Waals surface area contributed by atoms with Crippen LogP contribution >= 0.6 is 0 Å². The fraction of sp³-hybridized carbons (Fsp3) is 0.176. The molecule has 0 radical (unpaired) electrons. The predicted octanol–water partition coefficient (Wildman–Crippen LogP) is 2.19. The monoisotopic (exact) mass is 333 g/mol. The normalized spacial score (nSPS) is 12.3. The molecule has 2 aromatic carbocycles. The van der Waals surface area contributed by atoms with Gasteiger partial charge in [0, 0.05) is 6.42 Å². The molecule has 0 aromatic heterocycles. The van der Waals surface area contributed by atoms with Gasteiger partial charge in [0.05, 0.1) is 10.6 Å². The van der Waals surface area contributed by atoms with E-state index in [2.05, 4.69) is 11.8 Å². The number of hydroxylamine groups is 1. The first-order chi connectivity index (χ1) is 11.0. The molecule has 0 heterocycles. The highest BCUT2D eigenvalue weighted by atomic mass is 32.2. The molecule has 2 rings (SSSR count). The minimum Gasteiger partial charge on any atom is -0.316 e. The zero-order valence-corrected chi connectivity index (χ0v) is 13.1. The molecule has 23 heavy (non-hydrogen) atoms. The SMILES string of the molecule is O=S(=O)(CC(C#CCc1ccccc1)NO)c1ccc(F)cc1. The summed E-state index contributed by atoms with van der Waals surface area (Å²) in [4.78, 5) is -0.0102. The fourth-order valence-corrected chi connectivity index (χ4v) is 3.28. The highest BCUT2D eigenvalue weighted by Gasteiger charge is 2.19. The van der Waals surface area contributed by atoms with Crippen molar-refractivity contribution in [1.82, 2.24) is 5.48 Å². The average molecular weight is 333 g/mol. The van der Waals surface area contributed by atoms with Crippen molar-refractivity contribution in [3.05, 3.63) is 66.0 Å². The number of nitrogens with one attached hydrogen (secondary N) is 1. The number of hydrogen-bond donors (Lipinski definition) is 2. The van der Waals surface area contributed by atoms with E-state index in [9.17, 15) is 12.8 Å². The van der Waals surface area contributed by atoms with Gasteiger partial charge in [0.25, 0.3) is 0 Å². The van der Waals surface area contributed by atoms with Crippen LogP contribution in [0, 0.1) is 17.7 Å². The average Bonchev–Trinajstić information content (AvgIpc) is 2.55. The van der Waals surface area contributed by atoms with Crippen LogP contribution in [0.25, 0.3) is 0 Å². The Labute approximate surface area is 134 Å². The molecule has 0 saturated carbocycles. The van der Waals surface area contributed by atoms with Crippen LogP contribution in [-0.2, 0) is 16.3 Å². The Kier molecular flexibility index (Phi) is 5.88. The molecule has 0 saturated heterocycles. The quantitative estimate of drug-likeness (QED) is 0.500. The summed E-state index contributed by atoms with van der Waals surface area (Å²) in [6.45, 7) is 0. The molecule has 1 atom stereocenters. The largest absolute Gasteiger partial charge is 0.316 e. The molecule has 2 aromatic rings. The van der Waals surface area contributed by atoms with Gasteiger partial charge in [-0.25, -0.2) is 12.8 Å². The van der Waals surface area contributed by atoms with Crippen molar-refractivity contribution in [2.24, 2.45) is 0 Å². The maximum Gasteiger partial charge on any atom is 0.180 e. The highest BCUT2D eigenvalue weighted by Crippen LogP contribution is 2.12. The lowest BCUT2D eigenvalue weighted by Crippen LogP contribution is -2.32. The van der Waals surface area contributed by atoms with Crippen LogP contribution < -0.4 is 5.48 Å². The van der Waals surface area contributed by atoms with Crippen LogP contribution in [0.3, 0.4) is 0 Å². The lowest BCUT2D eigenvalue weighted by molar-refractivity contribution is 0.153. The van der Waals surface area contributed by atoms with E-state index in [-0.39, 0.29) is 4.90 Å². The van der Waals surface area contributed by atoms with Crippen LogP contribution in [-0.4, -0.2) is 25.4 Å².